The van der Waals surface area contributed by atoms with E-state index in [0.29, 0.717) is 12.3 Å². The number of benzene rings is 1. The summed E-state index contributed by atoms with van der Waals surface area (Å²) < 4.78 is 0. The third-order valence-corrected chi connectivity index (χ3v) is 4.10. The third-order valence-electron chi connectivity index (χ3n) is 4.10. The summed E-state index contributed by atoms with van der Waals surface area (Å²) in [5.41, 5.74) is 1.76. The van der Waals surface area contributed by atoms with Crippen LogP contribution >= 0.6 is 0 Å². The molecule has 110 valence electrons. The van der Waals surface area contributed by atoms with Crippen LogP contribution in [0.3, 0.4) is 0 Å². The van der Waals surface area contributed by atoms with Gasteiger partial charge in [-0.15, -0.1) is 0 Å². The fourth-order valence-corrected chi connectivity index (χ4v) is 2.93. The summed E-state index contributed by atoms with van der Waals surface area (Å²) >= 11 is 0. The second-order valence-corrected chi connectivity index (χ2v) is 5.67. The number of carbonyl (C=O) groups excluding carboxylic acids is 1. The second kappa shape index (κ2) is 6.68. The van der Waals surface area contributed by atoms with E-state index in [1.54, 1.807) is 6.20 Å². The third kappa shape index (κ3) is 3.58. The minimum Gasteiger partial charge on any atom is -0.325 e. The van der Waals surface area contributed by atoms with Crippen LogP contribution in [0.5, 0.6) is 0 Å². The molecule has 1 saturated heterocycles. The van der Waals surface area contributed by atoms with Crippen molar-refractivity contribution < 1.29 is 4.79 Å². The summed E-state index contributed by atoms with van der Waals surface area (Å²) in [4.78, 5) is 16.5. The Morgan fingerprint density at radius 2 is 2.29 bits per heavy atom. The lowest BCUT2D eigenvalue weighted by molar-refractivity contribution is -0.116. The highest BCUT2D eigenvalue weighted by molar-refractivity contribution is 6.00. The number of hydrogen-bond donors (Lipinski definition) is 2. The Kier molecular flexibility index (Phi) is 4.46. The molecule has 1 aromatic carbocycles. The van der Waals surface area contributed by atoms with Crippen molar-refractivity contribution in [1.82, 2.24) is 10.3 Å². The Balaban J connectivity index is 1.61. The van der Waals surface area contributed by atoms with Crippen molar-refractivity contribution in [3.63, 3.8) is 0 Å². The van der Waals surface area contributed by atoms with Gasteiger partial charge in [0, 0.05) is 18.0 Å². The molecule has 0 bridgehead atoms. The number of fused-ring (bicyclic) bond motifs is 1. The van der Waals surface area contributed by atoms with Crippen LogP contribution in [-0.4, -0.2) is 24.0 Å². The number of carbonyl (C=O) groups is 1. The van der Waals surface area contributed by atoms with E-state index in [-0.39, 0.29) is 5.91 Å². The first-order valence-electron chi connectivity index (χ1n) is 7.67. The number of amides is 1. The largest absolute Gasteiger partial charge is 0.325 e. The molecule has 2 heterocycles. The Hall–Kier alpha value is -1.94. The van der Waals surface area contributed by atoms with Crippen molar-refractivity contribution >= 4 is 22.5 Å². The highest BCUT2D eigenvalue weighted by Crippen LogP contribution is 2.22. The van der Waals surface area contributed by atoms with Crippen molar-refractivity contribution in [1.29, 1.82) is 0 Å². The van der Waals surface area contributed by atoms with Gasteiger partial charge in [-0.05, 0) is 62.5 Å². The van der Waals surface area contributed by atoms with Crippen molar-refractivity contribution in [2.75, 3.05) is 18.4 Å². The average molecular weight is 283 g/mol. The lowest BCUT2D eigenvalue weighted by Gasteiger charge is -2.22. The first-order chi connectivity index (χ1) is 10.3. The molecule has 0 aliphatic carbocycles. The normalized spacial score (nSPS) is 18.6. The number of aromatic nitrogens is 1. The molecule has 1 fully saturated rings. The predicted molar refractivity (Wildman–Crippen MR) is 85.2 cm³/mol. The second-order valence-electron chi connectivity index (χ2n) is 5.67. The van der Waals surface area contributed by atoms with E-state index >= 15 is 0 Å². The molecule has 2 aromatic rings. The van der Waals surface area contributed by atoms with Gasteiger partial charge in [0.1, 0.15) is 0 Å². The molecule has 1 aliphatic rings. The molecule has 1 atom stereocenters. The van der Waals surface area contributed by atoms with Gasteiger partial charge in [0.15, 0.2) is 0 Å². The van der Waals surface area contributed by atoms with Gasteiger partial charge in [0.05, 0.1) is 11.2 Å². The van der Waals surface area contributed by atoms with Gasteiger partial charge in [-0.3, -0.25) is 9.78 Å². The first-order valence-corrected chi connectivity index (χ1v) is 7.67. The lowest BCUT2D eigenvalue weighted by Crippen LogP contribution is -2.30. The highest BCUT2D eigenvalue weighted by Gasteiger charge is 2.14. The van der Waals surface area contributed by atoms with Crippen molar-refractivity contribution in [2.24, 2.45) is 5.92 Å². The van der Waals surface area contributed by atoms with Gasteiger partial charge in [-0.25, -0.2) is 0 Å². The molecule has 21 heavy (non-hydrogen) atoms. The van der Waals surface area contributed by atoms with Crippen molar-refractivity contribution in [3.05, 3.63) is 36.5 Å². The highest BCUT2D eigenvalue weighted by atomic mass is 16.1. The van der Waals surface area contributed by atoms with Crippen LogP contribution in [0, 0.1) is 5.92 Å². The molecule has 4 nitrogen and oxygen atoms in total. The van der Waals surface area contributed by atoms with E-state index in [1.165, 1.54) is 12.8 Å². The predicted octanol–water partition coefficient (Wildman–Crippen LogP) is 2.95. The molecule has 4 heteroatoms. The maximum atomic E-state index is 12.1. The maximum absolute atomic E-state index is 12.1. The van der Waals surface area contributed by atoms with Crippen LogP contribution in [0.4, 0.5) is 5.69 Å². The van der Waals surface area contributed by atoms with E-state index in [9.17, 15) is 4.79 Å². The van der Waals surface area contributed by atoms with E-state index in [4.69, 9.17) is 0 Å². The summed E-state index contributed by atoms with van der Waals surface area (Å²) in [6.45, 7) is 2.16. The molecule has 3 rings (SSSR count). The van der Waals surface area contributed by atoms with E-state index < -0.39 is 0 Å². The molecule has 0 radical (unpaired) electrons. The number of pyridine rings is 1. The number of rotatable bonds is 4. The summed E-state index contributed by atoms with van der Waals surface area (Å²) in [5, 5.41) is 7.41. The van der Waals surface area contributed by atoms with E-state index in [1.807, 2.05) is 30.3 Å². The number of hydrogen-bond acceptors (Lipinski definition) is 3. The molecule has 1 amide bonds. The Morgan fingerprint density at radius 3 is 3.14 bits per heavy atom. The van der Waals surface area contributed by atoms with Gasteiger partial charge in [0.25, 0.3) is 0 Å². The molecule has 0 spiro atoms. The van der Waals surface area contributed by atoms with Crippen LogP contribution in [0.2, 0.25) is 0 Å². The number of nitrogens with zero attached hydrogens (tertiary/aromatic N) is 1. The minimum atomic E-state index is 0.0944. The molecule has 1 aliphatic heterocycles. The lowest BCUT2D eigenvalue weighted by atomic mass is 9.94. The van der Waals surface area contributed by atoms with Crippen LogP contribution in [0.15, 0.2) is 36.5 Å². The van der Waals surface area contributed by atoms with Crippen LogP contribution in [-0.2, 0) is 4.79 Å². The Labute approximate surface area is 125 Å². The summed E-state index contributed by atoms with van der Waals surface area (Å²) in [6, 6.07) is 9.70. The monoisotopic (exact) mass is 283 g/mol. The standard InChI is InChI=1S/C17H21N3O/c21-17(9-8-13-4-2-10-18-12-13)20-16-7-1-6-15-14(16)5-3-11-19-15/h1,3,5-7,11,13,18H,2,4,8-10,12H2,(H,20,21). The van der Waals surface area contributed by atoms with Gasteiger partial charge >= 0.3 is 0 Å². The van der Waals surface area contributed by atoms with Crippen LogP contribution < -0.4 is 10.6 Å². The molecular weight excluding hydrogens is 262 g/mol. The van der Waals surface area contributed by atoms with E-state index in [0.717, 1.165) is 36.1 Å². The van der Waals surface area contributed by atoms with Gasteiger partial charge in [0.2, 0.25) is 5.91 Å². The quantitative estimate of drug-likeness (QED) is 0.907. The minimum absolute atomic E-state index is 0.0944. The van der Waals surface area contributed by atoms with Crippen molar-refractivity contribution in [3.8, 4) is 0 Å². The fraction of sp³-hybridized carbons (Fsp3) is 0.412. The van der Waals surface area contributed by atoms with Crippen LogP contribution in [0.25, 0.3) is 10.9 Å². The number of anilines is 1. The van der Waals surface area contributed by atoms with Crippen LogP contribution in [0.1, 0.15) is 25.7 Å². The zero-order valence-electron chi connectivity index (χ0n) is 12.1. The van der Waals surface area contributed by atoms with Gasteiger partial charge in [-0.2, -0.15) is 0 Å². The Morgan fingerprint density at radius 1 is 1.33 bits per heavy atom. The smallest absolute Gasteiger partial charge is 0.224 e. The molecular formula is C17H21N3O. The maximum Gasteiger partial charge on any atom is 0.224 e. The molecule has 2 N–H and O–H groups in total. The topological polar surface area (TPSA) is 54.0 Å². The zero-order chi connectivity index (χ0) is 14.5. The Bertz CT molecular complexity index is 615. The molecule has 1 aromatic heterocycles. The fourth-order valence-electron chi connectivity index (χ4n) is 2.93. The SMILES string of the molecule is O=C(CCC1CCCNC1)Nc1cccc2ncccc12. The first kappa shape index (κ1) is 14.0. The zero-order valence-corrected chi connectivity index (χ0v) is 12.1. The summed E-state index contributed by atoms with van der Waals surface area (Å²) in [7, 11) is 0. The van der Waals surface area contributed by atoms with Gasteiger partial charge < -0.3 is 10.6 Å². The molecule has 0 saturated carbocycles. The number of nitrogens with one attached hydrogen (secondary N) is 2. The summed E-state index contributed by atoms with van der Waals surface area (Å²) in [6.07, 6.45) is 5.77. The van der Waals surface area contributed by atoms with Crippen molar-refractivity contribution in [2.45, 2.75) is 25.7 Å². The van der Waals surface area contributed by atoms with Gasteiger partial charge in [-0.1, -0.05) is 6.07 Å². The summed E-state index contributed by atoms with van der Waals surface area (Å²) in [5.74, 6) is 0.732. The molecule has 1 unspecified atom stereocenters. The van der Waals surface area contributed by atoms with E-state index in [2.05, 4.69) is 15.6 Å². The number of piperidine rings is 1. The average Bonchev–Trinajstić information content (AvgIpc) is 2.54.